The molecule has 1 rings (SSSR count). The SMILES string of the molecule is CCO[Si](OCC)(OCC)C(C)(C)C1CCCCC1. The van der Waals surface area contributed by atoms with Gasteiger partial charge in [0.25, 0.3) is 0 Å². The van der Waals surface area contributed by atoms with Crippen molar-refractivity contribution >= 4 is 8.80 Å². The Labute approximate surface area is 120 Å². The first-order valence-corrected chi connectivity index (χ1v) is 9.68. The molecule has 1 aliphatic carbocycles. The minimum atomic E-state index is -2.61. The van der Waals surface area contributed by atoms with Gasteiger partial charge in [-0.25, -0.2) is 0 Å². The summed E-state index contributed by atoms with van der Waals surface area (Å²) in [5.74, 6) is 0.664. The summed E-state index contributed by atoms with van der Waals surface area (Å²) in [5, 5.41) is 0.00938. The molecule has 114 valence electrons. The van der Waals surface area contributed by atoms with Gasteiger partial charge >= 0.3 is 8.80 Å². The van der Waals surface area contributed by atoms with E-state index in [-0.39, 0.29) is 5.04 Å². The van der Waals surface area contributed by atoms with E-state index in [0.717, 1.165) is 0 Å². The summed E-state index contributed by atoms with van der Waals surface area (Å²) in [4.78, 5) is 0. The van der Waals surface area contributed by atoms with Crippen molar-refractivity contribution in [1.82, 2.24) is 0 Å². The van der Waals surface area contributed by atoms with E-state index < -0.39 is 8.80 Å². The quantitative estimate of drug-likeness (QED) is 0.620. The van der Waals surface area contributed by atoms with Crippen LogP contribution in [0.15, 0.2) is 0 Å². The lowest BCUT2D eigenvalue weighted by Gasteiger charge is -2.46. The lowest BCUT2D eigenvalue weighted by Crippen LogP contribution is -2.57. The maximum atomic E-state index is 6.12. The molecule has 0 aromatic heterocycles. The van der Waals surface area contributed by atoms with Crippen LogP contribution >= 0.6 is 0 Å². The number of hydrogen-bond donors (Lipinski definition) is 0. The van der Waals surface area contributed by atoms with Gasteiger partial charge < -0.3 is 13.3 Å². The molecule has 0 aromatic carbocycles. The van der Waals surface area contributed by atoms with Crippen molar-refractivity contribution in [3.8, 4) is 0 Å². The van der Waals surface area contributed by atoms with Gasteiger partial charge in [0.1, 0.15) is 0 Å². The molecule has 1 saturated carbocycles. The minimum absolute atomic E-state index is 0.00938. The number of hydrogen-bond acceptors (Lipinski definition) is 3. The lowest BCUT2D eigenvalue weighted by molar-refractivity contribution is 0.0321. The highest BCUT2D eigenvalue weighted by Gasteiger charge is 2.58. The summed E-state index contributed by atoms with van der Waals surface area (Å²) in [7, 11) is -2.61. The van der Waals surface area contributed by atoms with Crippen LogP contribution in [0.1, 0.15) is 66.7 Å². The molecule has 0 amide bonds. The molecule has 1 aliphatic rings. The van der Waals surface area contributed by atoms with Crippen LogP contribution in [0.25, 0.3) is 0 Å². The molecule has 0 aliphatic heterocycles. The molecule has 0 unspecified atom stereocenters. The second kappa shape index (κ2) is 7.77. The maximum Gasteiger partial charge on any atom is 0.507 e. The van der Waals surface area contributed by atoms with E-state index in [0.29, 0.717) is 25.7 Å². The zero-order valence-electron chi connectivity index (χ0n) is 13.5. The van der Waals surface area contributed by atoms with Crippen LogP contribution in [0.2, 0.25) is 5.04 Å². The van der Waals surface area contributed by atoms with E-state index in [4.69, 9.17) is 13.3 Å². The second-order valence-electron chi connectivity index (χ2n) is 5.91. The van der Waals surface area contributed by atoms with Crippen molar-refractivity contribution < 1.29 is 13.3 Å². The largest absolute Gasteiger partial charge is 0.507 e. The van der Waals surface area contributed by atoms with Crippen molar-refractivity contribution in [3.63, 3.8) is 0 Å². The summed E-state index contributed by atoms with van der Waals surface area (Å²) in [6.07, 6.45) is 6.62. The molecule has 19 heavy (non-hydrogen) atoms. The molecule has 4 heteroatoms. The second-order valence-corrected chi connectivity index (χ2v) is 9.18. The summed E-state index contributed by atoms with van der Waals surface area (Å²) in [6.45, 7) is 12.7. The topological polar surface area (TPSA) is 27.7 Å². The monoisotopic (exact) mass is 288 g/mol. The fourth-order valence-corrected chi connectivity index (χ4v) is 6.62. The normalized spacial score (nSPS) is 18.8. The van der Waals surface area contributed by atoms with Gasteiger partial charge in [0.2, 0.25) is 0 Å². The minimum Gasteiger partial charge on any atom is -0.373 e. The zero-order valence-corrected chi connectivity index (χ0v) is 14.5. The van der Waals surface area contributed by atoms with Crippen LogP contribution in [-0.2, 0) is 13.3 Å². The van der Waals surface area contributed by atoms with Crippen LogP contribution in [0.3, 0.4) is 0 Å². The van der Waals surface area contributed by atoms with Gasteiger partial charge in [-0.2, -0.15) is 0 Å². The maximum absolute atomic E-state index is 6.12. The Bertz CT molecular complexity index is 233. The van der Waals surface area contributed by atoms with E-state index in [1.807, 2.05) is 20.8 Å². The van der Waals surface area contributed by atoms with E-state index in [9.17, 15) is 0 Å². The van der Waals surface area contributed by atoms with Crippen LogP contribution < -0.4 is 0 Å². The van der Waals surface area contributed by atoms with Gasteiger partial charge in [-0.1, -0.05) is 33.1 Å². The van der Waals surface area contributed by atoms with Crippen LogP contribution in [-0.4, -0.2) is 28.6 Å². The molecule has 0 heterocycles. The summed E-state index contributed by atoms with van der Waals surface area (Å²) >= 11 is 0. The Morgan fingerprint density at radius 3 is 1.63 bits per heavy atom. The third kappa shape index (κ3) is 3.81. The Morgan fingerprint density at radius 1 is 0.842 bits per heavy atom. The highest BCUT2D eigenvalue weighted by molar-refractivity contribution is 6.64. The highest BCUT2D eigenvalue weighted by atomic mass is 28.4. The summed E-state index contributed by atoms with van der Waals surface area (Å²) in [5.41, 5.74) is 0. The zero-order chi connectivity index (χ0) is 14.4. The molecular formula is C15H32O3Si. The Morgan fingerprint density at radius 2 is 1.26 bits per heavy atom. The third-order valence-electron chi connectivity index (χ3n) is 4.42. The molecule has 0 saturated heterocycles. The first-order chi connectivity index (χ1) is 9.04. The summed E-state index contributed by atoms with van der Waals surface area (Å²) < 4.78 is 18.4. The van der Waals surface area contributed by atoms with Crippen molar-refractivity contribution in [3.05, 3.63) is 0 Å². The van der Waals surface area contributed by atoms with Crippen LogP contribution in [0.5, 0.6) is 0 Å². The standard InChI is InChI=1S/C15H32O3Si/c1-6-16-19(17-7-2,18-8-3)15(4,5)14-12-10-9-11-13-14/h14H,6-13H2,1-5H3. The van der Waals surface area contributed by atoms with Crippen LogP contribution in [0.4, 0.5) is 0 Å². The molecule has 3 nitrogen and oxygen atoms in total. The van der Waals surface area contributed by atoms with E-state index in [2.05, 4.69) is 13.8 Å². The Kier molecular flexibility index (Phi) is 7.01. The van der Waals surface area contributed by atoms with E-state index in [1.165, 1.54) is 32.1 Å². The van der Waals surface area contributed by atoms with Crippen molar-refractivity contribution in [2.75, 3.05) is 19.8 Å². The molecule has 0 N–H and O–H groups in total. The summed E-state index contributed by atoms with van der Waals surface area (Å²) in [6, 6.07) is 0. The lowest BCUT2D eigenvalue weighted by atomic mass is 9.81. The van der Waals surface area contributed by atoms with Gasteiger partial charge in [-0.05, 0) is 39.5 Å². The predicted molar refractivity (Wildman–Crippen MR) is 81.2 cm³/mol. The van der Waals surface area contributed by atoms with Gasteiger partial charge in [-0.3, -0.25) is 0 Å². The van der Waals surface area contributed by atoms with Crippen molar-refractivity contribution in [2.24, 2.45) is 5.92 Å². The molecular weight excluding hydrogens is 256 g/mol. The number of rotatable bonds is 8. The Hall–Kier alpha value is 0.0969. The predicted octanol–water partition coefficient (Wildman–Crippen LogP) is 4.40. The fraction of sp³-hybridized carbons (Fsp3) is 1.00. The Balaban J connectivity index is 2.96. The average Bonchev–Trinajstić information content (AvgIpc) is 2.40. The first kappa shape index (κ1) is 17.1. The third-order valence-corrected chi connectivity index (χ3v) is 8.41. The molecule has 0 aromatic rings. The smallest absolute Gasteiger partial charge is 0.373 e. The van der Waals surface area contributed by atoms with E-state index >= 15 is 0 Å². The fourth-order valence-electron chi connectivity index (χ4n) is 3.33. The molecule has 0 radical (unpaired) electrons. The van der Waals surface area contributed by atoms with Gasteiger partial charge in [-0.15, -0.1) is 0 Å². The van der Waals surface area contributed by atoms with Crippen molar-refractivity contribution in [1.29, 1.82) is 0 Å². The van der Waals surface area contributed by atoms with Gasteiger partial charge in [0, 0.05) is 24.9 Å². The first-order valence-electron chi connectivity index (χ1n) is 7.95. The van der Waals surface area contributed by atoms with Gasteiger partial charge in [0.05, 0.1) is 0 Å². The molecule has 0 spiro atoms. The van der Waals surface area contributed by atoms with Gasteiger partial charge in [0.15, 0.2) is 0 Å². The van der Waals surface area contributed by atoms with Crippen molar-refractivity contribution in [2.45, 2.75) is 71.8 Å². The highest BCUT2D eigenvalue weighted by Crippen LogP contribution is 2.51. The molecule has 0 atom stereocenters. The van der Waals surface area contributed by atoms with Crippen LogP contribution in [0, 0.1) is 5.92 Å². The molecule has 1 fully saturated rings. The van der Waals surface area contributed by atoms with E-state index in [1.54, 1.807) is 0 Å². The average molecular weight is 289 g/mol. The molecule has 0 bridgehead atoms.